The minimum atomic E-state index is 0.0541. The van der Waals surface area contributed by atoms with Crippen LogP contribution >= 0.6 is 11.6 Å². The summed E-state index contributed by atoms with van der Waals surface area (Å²) in [5.41, 5.74) is 1.78. The molecular weight excluding hydrogens is 344 g/mol. The molecule has 0 aromatic carbocycles. The molecular formula is C21H37ClN4. The Kier molecular flexibility index (Phi) is 8.46. The number of halogens is 1. The van der Waals surface area contributed by atoms with Gasteiger partial charge < -0.3 is 0 Å². The number of fused-ring (bicyclic) bond motifs is 1. The zero-order valence-electron chi connectivity index (χ0n) is 17.2. The van der Waals surface area contributed by atoms with E-state index >= 15 is 0 Å². The lowest BCUT2D eigenvalue weighted by atomic mass is 9.79. The summed E-state index contributed by atoms with van der Waals surface area (Å²) < 4.78 is 2.02. The van der Waals surface area contributed by atoms with Gasteiger partial charge in [-0.15, -0.1) is 10.2 Å². The summed E-state index contributed by atoms with van der Waals surface area (Å²) in [6.45, 7) is 8.90. The number of aromatic nitrogens is 4. The van der Waals surface area contributed by atoms with E-state index in [0.29, 0.717) is 5.02 Å². The zero-order chi connectivity index (χ0) is 19.0. The first kappa shape index (κ1) is 21.3. The number of hydrogen-bond acceptors (Lipinski definition) is 2. The average molecular weight is 381 g/mol. The summed E-state index contributed by atoms with van der Waals surface area (Å²) in [5.74, 6) is 1.05. The lowest BCUT2D eigenvalue weighted by molar-refractivity contribution is 0.339. The number of H-pyrrole nitrogens is 1. The number of aryl methyl sites for hydroxylation is 1. The predicted octanol–water partition coefficient (Wildman–Crippen LogP) is 7.00. The number of aromatic amines is 1. The molecule has 26 heavy (non-hydrogen) atoms. The largest absolute Gasteiger partial charge is 0.294 e. The summed E-state index contributed by atoms with van der Waals surface area (Å²) in [7, 11) is 0. The maximum absolute atomic E-state index is 6.37. The molecule has 0 aliphatic heterocycles. The van der Waals surface area contributed by atoms with E-state index in [0.717, 1.165) is 17.2 Å². The second kappa shape index (κ2) is 10.3. The molecule has 0 bridgehead atoms. The highest BCUT2D eigenvalue weighted by atomic mass is 35.5. The third-order valence-electron chi connectivity index (χ3n) is 5.67. The Labute approximate surface area is 164 Å². The zero-order valence-corrected chi connectivity index (χ0v) is 18.0. The number of unbranched alkanes of at least 4 members (excludes halogenated alkanes) is 8. The monoisotopic (exact) mass is 380 g/mol. The fraction of sp³-hybridized carbons (Fsp3) is 0.810. The van der Waals surface area contributed by atoms with Gasteiger partial charge >= 0.3 is 0 Å². The standard InChI is InChI=1S/C21H37ClN4/c1-5-7-9-11-12-14-16-21(4,15-13-10-8-6-2)20-24-23-19-18(22)17(3)25-26(19)20/h25H,5-16H2,1-4H3. The molecule has 1 unspecified atom stereocenters. The van der Waals surface area contributed by atoms with E-state index in [1.165, 1.54) is 77.0 Å². The predicted molar refractivity (Wildman–Crippen MR) is 111 cm³/mol. The molecule has 0 spiro atoms. The van der Waals surface area contributed by atoms with Crippen molar-refractivity contribution in [3.63, 3.8) is 0 Å². The molecule has 1 N–H and O–H groups in total. The fourth-order valence-corrected chi connectivity index (χ4v) is 4.06. The van der Waals surface area contributed by atoms with E-state index in [1.54, 1.807) is 0 Å². The van der Waals surface area contributed by atoms with Crippen molar-refractivity contribution in [3.8, 4) is 0 Å². The van der Waals surface area contributed by atoms with Crippen LogP contribution in [0.25, 0.3) is 5.65 Å². The Morgan fingerprint density at radius 3 is 2.04 bits per heavy atom. The van der Waals surface area contributed by atoms with Crippen LogP contribution in [0, 0.1) is 6.92 Å². The van der Waals surface area contributed by atoms with Crippen molar-refractivity contribution in [3.05, 3.63) is 16.5 Å². The van der Waals surface area contributed by atoms with Gasteiger partial charge in [-0.05, 0) is 19.8 Å². The van der Waals surface area contributed by atoms with Crippen LogP contribution in [0.15, 0.2) is 0 Å². The molecule has 0 aliphatic rings. The van der Waals surface area contributed by atoms with Gasteiger partial charge in [0.1, 0.15) is 5.02 Å². The third-order valence-corrected chi connectivity index (χ3v) is 6.12. The number of nitrogens with one attached hydrogen (secondary N) is 1. The van der Waals surface area contributed by atoms with Crippen LogP contribution in [0.3, 0.4) is 0 Å². The quantitative estimate of drug-likeness (QED) is 0.380. The van der Waals surface area contributed by atoms with Gasteiger partial charge in [-0.1, -0.05) is 96.6 Å². The molecule has 148 valence electrons. The SMILES string of the molecule is CCCCCCCCC(C)(CCCCCC)c1nnc2c(Cl)c(C)[nH]n12. The summed E-state index contributed by atoms with van der Waals surface area (Å²) in [6, 6.07) is 0. The minimum Gasteiger partial charge on any atom is -0.294 e. The number of hydrogen-bond donors (Lipinski definition) is 1. The van der Waals surface area contributed by atoms with Gasteiger partial charge in [-0.2, -0.15) is 0 Å². The van der Waals surface area contributed by atoms with Crippen molar-refractivity contribution in [2.75, 3.05) is 0 Å². The molecule has 2 aromatic rings. The maximum atomic E-state index is 6.37. The molecule has 0 amide bonds. The van der Waals surface area contributed by atoms with Gasteiger partial charge in [-0.25, -0.2) is 4.52 Å². The van der Waals surface area contributed by atoms with Crippen molar-refractivity contribution in [1.82, 2.24) is 19.8 Å². The Balaban J connectivity index is 2.09. The molecule has 1 atom stereocenters. The number of nitrogens with zero attached hydrogens (tertiary/aromatic N) is 3. The first-order chi connectivity index (χ1) is 12.5. The van der Waals surface area contributed by atoms with Crippen LogP contribution in [-0.4, -0.2) is 19.8 Å². The highest BCUT2D eigenvalue weighted by Gasteiger charge is 2.32. The second-order valence-corrected chi connectivity index (χ2v) is 8.50. The van der Waals surface area contributed by atoms with Crippen LogP contribution in [0.5, 0.6) is 0 Å². The molecule has 0 saturated carbocycles. The van der Waals surface area contributed by atoms with E-state index < -0.39 is 0 Å². The van der Waals surface area contributed by atoms with E-state index in [2.05, 4.69) is 36.1 Å². The smallest absolute Gasteiger partial charge is 0.196 e. The minimum absolute atomic E-state index is 0.0541. The van der Waals surface area contributed by atoms with Gasteiger partial charge in [0.25, 0.3) is 0 Å². The lowest BCUT2D eigenvalue weighted by Crippen LogP contribution is -2.26. The van der Waals surface area contributed by atoms with Crippen LogP contribution < -0.4 is 0 Å². The topological polar surface area (TPSA) is 46.0 Å². The molecule has 5 heteroatoms. The summed E-state index contributed by atoms with van der Waals surface area (Å²) >= 11 is 6.37. The number of rotatable bonds is 13. The van der Waals surface area contributed by atoms with Gasteiger partial charge in [0.15, 0.2) is 11.5 Å². The van der Waals surface area contributed by atoms with Gasteiger partial charge in [0.05, 0.1) is 5.69 Å². The highest BCUT2D eigenvalue weighted by molar-refractivity contribution is 6.34. The van der Waals surface area contributed by atoms with Gasteiger partial charge in [0, 0.05) is 5.41 Å². The van der Waals surface area contributed by atoms with Crippen LogP contribution in [0.2, 0.25) is 5.02 Å². The van der Waals surface area contributed by atoms with Crippen LogP contribution in [0.4, 0.5) is 0 Å². The first-order valence-corrected chi connectivity index (χ1v) is 11.0. The van der Waals surface area contributed by atoms with Crippen molar-refractivity contribution >= 4 is 17.2 Å². The molecule has 2 aromatic heterocycles. The van der Waals surface area contributed by atoms with Gasteiger partial charge in [-0.3, -0.25) is 5.10 Å². The Morgan fingerprint density at radius 2 is 1.42 bits per heavy atom. The van der Waals surface area contributed by atoms with E-state index in [9.17, 15) is 0 Å². The normalized spacial score (nSPS) is 14.2. The molecule has 2 heterocycles. The highest BCUT2D eigenvalue weighted by Crippen LogP contribution is 2.35. The van der Waals surface area contributed by atoms with Crippen molar-refractivity contribution in [2.24, 2.45) is 0 Å². The van der Waals surface area contributed by atoms with E-state index in [-0.39, 0.29) is 5.41 Å². The van der Waals surface area contributed by atoms with Crippen LogP contribution in [0.1, 0.15) is 109 Å². The van der Waals surface area contributed by atoms with Crippen molar-refractivity contribution in [2.45, 2.75) is 110 Å². The molecule has 2 rings (SSSR count). The molecule has 0 aliphatic carbocycles. The van der Waals surface area contributed by atoms with Crippen molar-refractivity contribution < 1.29 is 0 Å². The lowest BCUT2D eigenvalue weighted by Gasteiger charge is -2.28. The Morgan fingerprint density at radius 1 is 0.885 bits per heavy atom. The molecule has 4 nitrogen and oxygen atoms in total. The molecule has 0 saturated heterocycles. The van der Waals surface area contributed by atoms with Crippen LogP contribution in [-0.2, 0) is 5.41 Å². The second-order valence-electron chi connectivity index (χ2n) is 8.12. The third kappa shape index (κ3) is 5.25. The molecule has 0 fully saturated rings. The maximum Gasteiger partial charge on any atom is 0.196 e. The van der Waals surface area contributed by atoms with Crippen molar-refractivity contribution in [1.29, 1.82) is 0 Å². The van der Waals surface area contributed by atoms with E-state index in [1.807, 2.05) is 11.4 Å². The Hall–Kier alpha value is -1.03. The summed E-state index contributed by atoms with van der Waals surface area (Å²) in [6.07, 6.45) is 15.4. The first-order valence-electron chi connectivity index (χ1n) is 10.6. The average Bonchev–Trinajstić information content (AvgIpc) is 3.16. The summed E-state index contributed by atoms with van der Waals surface area (Å²) in [4.78, 5) is 0. The Bertz CT molecular complexity index is 660. The summed E-state index contributed by atoms with van der Waals surface area (Å²) in [5, 5.41) is 13.0. The fourth-order valence-electron chi connectivity index (χ4n) is 3.89. The van der Waals surface area contributed by atoms with E-state index in [4.69, 9.17) is 11.6 Å². The molecule has 0 radical (unpaired) electrons. The van der Waals surface area contributed by atoms with Gasteiger partial charge in [0.2, 0.25) is 0 Å².